The number of hydrogen-bond acceptors (Lipinski definition) is 2. The van der Waals surface area contributed by atoms with E-state index in [4.69, 9.17) is 4.74 Å². The molecule has 1 aromatic carbocycles. The fourth-order valence-electron chi connectivity index (χ4n) is 2.38. The number of halogens is 2. The molecule has 0 aliphatic rings. The van der Waals surface area contributed by atoms with Crippen molar-refractivity contribution in [2.75, 3.05) is 13.2 Å². The average molecular weight is 346 g/mol. The van der Waals surface area contributed by atoms with Gasteiger partial charge in [0.1, 0.15) is 5.82 Å². The van der Waals surface area contributed by atoms with Crippen molar-refractivity contribution in [3.8, 4) is 0 Å². The van der Waals surface area contributed by atoms with Crippen molar-refractivity contribution in [2.24, 2.45) is 0 Å². The maximum absolute atomic E-state index is 13.5. The van der Waals surface area contributed by atoms with E-state index in [-0.39, 0.29) is 18.0 Å². The summed E-state index contributed by atoms with van der Waals surface area (Å²) in [5.41, 5.74) is 0.989. The third-order valence-electron chi connectivity index (χ3n) is 3.27. The third-order valence-corrected chi connectivity index (χ3v) is 3.72. The van der Waals surface area contributed by atoms with Crippen molar-refractivity contribution in [3.63, 3.8) is 0 Å². The second-order valence-corrected chi connectivity index (χ2v) is 5.86. The Hall–Kier alpha value is -0.450. The molecule has 0 amide bonds. The lowest BCUT2D eigenvalue weighted by Crippen LogP contribution is -2.43. The highest BCUT2D eigenvalue weighted by Crippen LogP contribution is 2.18. The molecule has 0 aliphatic heterocycles. The molecular weight excluding hydrogens is 321 g/mol. The van der Waals surface area contributed by atoms with Gasteiger partial charge >= 0.3 is 0 Å². The minimum Gasteiger partial charge on any atom is -0.377 e. The first kappa shape index (κ1) is 17.6. The van der Waals surface area contributed by atoms with E-state index in [9.17, 15) is 4.39 Å². The summed E-state index contributed by atoms with van der Waals surface area (Å²) in [5, 5.41) is 3.53. The Bertz CT molecular complexity index is 380. The average Bonchev–Trinajstić information content (AvgIpc) is 2.40. The molecule has 0 saturated carbocycles. The fraction of sp³-hybridized carbons (Fsp3) is 0.625. The maximum atomic E-state index is 13.5. The highest BCUT2D eigenvalue weighted by Gasteiger charge is 2.20. The second-order valence-electron chi connectivity index (χ2n) is 4.94. The van der Waals surface area contributed by atoms with Crippen LogP contribution in [0.2, 0.25) is 0 Å². The summed E-state index contributed by atoms with van der Waals surface area (Å²) < 4.78 is 20.1. The molecule has 114 valence electrons. The summed E-state index contributed by atoms with van der Waals surface area (Å²) in [5.74, 6) is -0.201. The predicted octanol–water partition coefficient (Wildman–Crippen LogP) is 4.31. The highest BCUT2D eigenvalue weighted by atomic mass is 79.9. The third kappa shape index (κ3) is 5.90. The molecule has 1 rings (SSSR count). The van der Waals surface area contributed by atoms with Gasteiger partial charge in [-0.15, -0.1) is 0 Å². The highest BCUT2D eigenvalue weighted by molar-refractivity contribution is 9.10. The van der Waals surface area contributed by atoms with Crippen LogP contribution >= 0.6 is 15.9 Å². The number of hydrogen-bond donors (Lipinski definition) is 1. The zero-order valence-electron chi connectivity index (χ0n) is 12.6. The van der Waals surface area contributed by atoms with Crippen LogP contribution in [0.4, 0.5) is 4.39 Å². The Kier molecular flexibility index (Phi) is 8.34. The summed E-state index contributed by atoms with van der Waals surface area (Å²) in [6, 6.07) is 5.28. The van der Waals surface area contributed by atoms with Crippen molar-refractivity contribution in [1.29, 1.82) is 0 Å². The first-order chi connectivity index (χ1) is 9.60. The van der Waals surface area contributed by atoms with Crippen LogP contribution in [0.25, 0.3) is 0 Å². The first-order valence-corrected chi connectivity index (χ1v) is 8.19. The van der Waals surface area contributed by atoms with Gasteiger partial charge in [0.2, 0.25) is 0 Å². The Morgan fingerprint density at radius 1 is 1.25 bits per heavy atom. The zero-order valence-corrected chi connectivity index (χ0v) is 14.2. The first-order valence-electron chi connectivity index (χ1n) is 7.40. The van der Waals surface area contributed by atoms with Crippen molar-refractivity contribution in [1.82, 2.24) is 5.32 Å². The largest absolute Gasteiger partial charge is 0.377 e. The van der Waals surface area contributed by atoms with Crippen LogP contribution in [0.1, 0.15) is 39.2 Å². The topological polar surface area (TPSA) is 21.3 Å². The van der Waals surface area contributed by atoms with E-state index in [2.05, 4.69) is 35.1 Å². The Balaban J connectivity index is 2.81. The van der Waals surface area contributed by atoms with E-state index < -0.39 is 0 Å². The number of benzene rings is 1. The maximum Gasteiger partial charge on any atom is 0.124 e. The molecule has 0 bridgehead atoms. The molecule has 1 N–H and O–H groups in total. The summed E-state index contributed by atoms with van der Waals surface area (Å²) in [7, 11) is 0. The number of ether oxygens (including phenoxy) is 1. The van der Waals surface area contributed by atoms with Gasteiger partial charge in [-0.3, -0.25) is 0 Å². The van der Waals surface area contributed by atoms with Crippen molar-refractivity contribution >= 4 is 15.9 Å². The molecule has 2 atom stereocenters. The van der Waals surface area contributed by atoms with Crippen LogP contribution in [-0.4, -0.2) is 25.3 Å². The summed E-state index contributed by atoms with van der Waals surface area (Å²) in [6.07, 6.45) is 2.96. The Morgan fingerprint density at radius 3 is 2.55 bits per heavy atom. The SMILES string of the molecule is CCCNC(Cc1cc(F)cc(Br)c1)C(CC)OCC. The summed E-state index contributed by atoms with van der Waals surface area (Å²) in [6.45, 7) is 7.94. The number of nitrogens with one attached hydrogen (secondary N) is 1. The predicted molar refractivity (Wildman–Crippen MR) is 85.6 cm³/mol. The Morgan fingerprint density at radius 2 is 2.00 bits per heavy atom. The lowest BCUT2D eigenvalue weighted by Gasteiger charge is -2.27. The van der Waals surface area contributed by atoms with Gasteiger partial charge in [-0.1, -0.05) is 29.8 Å². The monoisotopic (exact) mass is 345 g/mol. The van der Waals surface area contributed by atoms with Crippen LogP contribution in [0.3, 0.4) is 0 Å². The molecule has 4 heteroatoms. The molecule has 0 spiro atoms. The molecule has 0 heterocycles. The van der Waals surface area contributed by atoms with Crippen LogP contribution in [0.5, 0.6) is 0 Å². The number of rotatable bonds is 9. The van der Waals surface area contributed by atoms with Crippen LogP contribution in [-0.2, 0) is 11.2 Å². The lowest BCUT2D eigenvalue weighted by molar-refractivity contribution is 0.0319. The van der Waals surface area contributed by atoms with Crippen molar-refractivity contribution < 1.29 is 9.13 Å². The molecular formula is C16H25BrFNO. The van der Waals surface area contributed by atoms with E-state index in [1.54, 1.807) is 6.07 Å². The van der Waals surface area contributed by atoms with E-state index in [1.165, 1.54) is 6.07 Å². The molecule has 0 aromatic heterocycles. The molecule has 2 unspecified atom stereocenters. The zero-order chi connectivity index (χ0) is 15.0. The lowest BCUT2D eigenvalue weighted by atomic mass is 9.99. The van der Waals surface area contributed by atoms with Crippen molar-refractivity contribution in [3.05, 3.63) is 34.1 Å². The Labute approximate surface area is 130 Å². The van der Waals surface area contributed by atoms with Gasteiger partial charge in [0.15, 0.2) is 0 Å². The van der Waals surface area contributed by atoms with Gasteiger partial charge in [0.25, 0.3) is 0 Å². The minimum absolute atomic E-state index is 0.161. The molecule has 1 aromatic rings. The molecule has 20 heavy (non-hydrogen) atoms. The molecule has 2 nitrogen and oxygen atoms in total. The van der Waals surface area contributed by atoms with Gasteiger partial charge in [-0.05, 0) is 56.5 Å². The summed E-state index contributed by atoms with van der Waals surface area (Å²) in [4.78, 5) is 0. The van der Waals surface area contributed by atoms with Crippen LogP contribution < -0.4 is 5.32 Å². The molecule has 0 aliphatic carbocycles. The van der Waals surface area contributed by atoms with Gasteiger partial charge in [0, 0.05) is 17.1 Å². The second kappa shape index (κ2) is 9.48. The van der Waals surface area contributed by atoms with Crippen LogP contribution in [0.15, 0.2) is 22.7 Å². The summed E-state index contributed by atoms with van der Waals surface area (Å²) >= 11 is 3.35. The standard InChI is InChI=1S/C16H25BrFNO/c1-4-7-19-15(16(5-2)20-6-3)10-12-8-13(17)11-14(18)9-12/h8-9,11,15-16,19H,4-7,10H2,1-3H3. The fourth-order valence-corrected chi connectivity index (χ4v) is 2.89. The minimum atomic E-state index is -0.201. The molecule has 0 saturated heterocycles. The van der Waals surface area contributed by atoms with Gasteiger partial charge in [-0.25, -0.2) is 4.39 Å². The quantitative estimate of drug-likeness (QED) is 0.719. The van der Waals surface area contributed by atoms with Crippen molar-refractivity contribution in [2.45, 2.75) is 52.2 Å². The van der Waals surface area contributed by atoms with Gasteiger partial charge in [-0.2, -0.15) is 0 Å². The normalized spacial score (nSPS) is 14.2. The molecule has 0 radical (unpaired) electrons. The smallest absolute Gasteiger partial charge is 0.124 e. The van der Waals surface area contributed by atoms with E-state index >= 15 is 0 Å². The molecule has 0 fully saturated rings. The van der Waals surface area contributed by atoms with E-state index in [0.717, 1.165) is 35.8 Å². The van der Waals surface area contributed by atoms with E-state index in [0.29, 0.717) is 6.61 Å². The van der Waals surface area contributed by atoms with Crippen LogP contribution in [0, 0.1) is 5.82 Å². The van der Waals surface area contributed by atoms with Gasteiger partial charge in [0.05, 0.1) is 6.10 Å². The van der Waals surface area contributed by atoms with Gasteiger partial charge < -0.3 is 10.1 Å². The van der Waals surface area contributed by atoms with E-state index in [1.807, 2.05) is 13.0 Å².